The summed E-state index contributed by atoms with van der Waals surface area (Å²) in [5, 5.41) is 12.0. The highest BCUT2D eigenvalue weighted by molar-refractivity contribution is 7.99. The minimum atomic E-state index is -0.232. The molecule has 1 amide bonds. The average molecular weight is 430 g/mol. The van der Waals surface area contributed by atoms with E-state index in [0.29, 0.717) is 22.2 Å². The number of benzene rings is 2. The first-order valence-electron chi connectivity index (χ1n) is 9.57. The first kappa shape index (κ1) is 20.5. The number of hydrogen-bond donors (Lipinski definition) is 1. The normalized spacial score (nSPS) is 10.6. The average Bonchev–Trinajstić information content (AvgIpc) is 3.23. The third kappa shape index (κ3) is 4.70. The summed E-state index contributed by atoms with van der Waals surface area (Å²) in [4.78, 5) is 28.5. The van der Waals surface area contributed by atoms with E-state index in [0.717, 1.165) is 11.3 Å². The standard InChI is InChI=1S/C23H19N5O2S/c1-16(29)19-11-5-6-12-20(19)25-21(30)15-31-23-27-26-22(17-8-7-13-24-14-17)28(23)18-9-3-2-4-10-18/h2-14H,15H2,1H3,(H,25,30). The van der Waals surface area contributed by atoms with Gasteiger partial charge in [0.2, 0.25) is 5.91 Å². The lowest BCUT2D eigenvalue weighted by Gasteiger charge is -2.11. The summed E-state index contributed by atoms with van der Waals surface area (Å²) in [5.74, 6) is 0.423. The second kappa shape index (κ2) is 9.36. The van der Waals surface area contributed by atoms with Crippen LogP contribution in [-0.2, 0) is 4.79 Å². The van der Waals surface area contributed by atoms with Crippen molar-refractivity contribution < 1.29 is 9.59 Å². The number of hydrogen-bond acceptors (Lipinski definition) is 6. The lowest BCUT2D eigenvalue weighted by Crippen LogP contribution is -2.16. The third-order valence-electron chi connectivity index (χ3n) is 4.48. The van der Waals surface area contributed by atoms with Gasteiger partial charge in [-0.25, -0.2) is 0 Å². The van der Waals surface area contributed by atoms with Crippen LogP contribution in [0.3, 0.4) is 0 Å². The zero-order valence-corrected chi connectivity index (χ0v) is 17.5. The fourth-order valence-corrected chi connectivity index (χ4v) is 3.82. The molecule has 1 N–H and O–H groups in total. The second-order valence-electron chi connectivity index (χ2n) is 6.66. The highest BCUT2D eigenvalue weighted by atomic mass is 32.2. The minimum Gasteiger partial charge on any atom is -0.325 e. The molecule has 2 heterocycles. The quantitative estimate of drug-likeness (QED) is 0.349. The Morgan fingerprint density at radius 1 is 0.968 bits per heavy atom. The van der Waals surface area contributed by atoms with Crippen LogP contribution in [0.2, 0.25) is 0 Å². The number of amides is 1. The molecule has 4 aromatic rings. The number of ketones is 1. The molecule has 4 rings (SSSR count). The van der Waals surface area contributed by atoms with E-state index < -0.39 is 0 Å². The molecular formula is C23H19N5O2S. The number of carbonyl (C=O) groups is 2. The topological polar surface area (TPSA) is 89.8 Å². The van der Waals surface area contributed by atoms with Crippen LogP contribution in [0, 0.1) is 0 Å². The summed E-state index contributed by atoms with van der Waals surface area (Å²) in [5.41, 5.74) is 2.69. The smallest absolute Gasteiger partial charge is 0.234 e. The van der Waals surface area contributed by atoms with Gasteiger partial charge in [-0.3, -0.25) is 19.1 Å². The number of thioether (sulfide) groups is 1. The number of nitrogens with zero attached hydrogens (tertiary/aromatic N) is 4. The fourth-order valence-electron chi connectivity index (χ4n) is 3.07. The molecule has 8 heteroatoms. The molecule has 0 atom stereocenters. The predicted octanol–water partition coefficient (Wildman–Crippen LogP) is 4.26. The lowest BCUT2D eigenvalue weighted by atomic mass is 10.1. The molecule has 154 valence electrons. The monoisotopic (exact) mass is 429 g/mol. The highest BCUT2D eigenvalue weighted by Crippen LogP contribution is 2.27. The van der Waals surface area contributed by atoms with Crippen LogP contribution in [0.4, 0.5) is 5.69 Å². The molecule has 0 unspecified atom stereocenters. The number of anilines is 1. The summed E-state index contributed by atoms with van der Waals surface area (Å²) in [6, 6.07) is 20.4. The van der Waals surface area contributed by atoms with Crippen molar-refractivity contribution in [3.05, 3.63) is 84.7 Å². The van der Waals surface area contributed by atoms with Gasteiger partial charge in [-0.2, -0.15) is 0 Å². The van der Waals surface area contributed by atoms with E-state index in [1.165, 1.54) is 18.7 Å². The van der Waals surface area contributed by atoms with Gasteiger partial charge in [-0.1, -0.05) is 42.1 Å². The van der Waals surface area contributed by atoms with Crippen molar-refractivity contribution in [2.75, 3.05) is 11.1 Å². The molecular weight excluding hydrogens is 410 g/mol. The zero-order valence-electron chi connectivity index (χ0n) is 16.7. The highest BCUT2D eigenvalue weighted by Gasteiger charge is 2.18. The molecule has 0 aliphatic rings. The van der Waals surface area contributed by atoms with Crippen LogP contribution in [-0.4, -0.2) is 37.2 Å². The van der Waals surface area contributed by atoms with Gasteiger partial charge < -0.3 is 5.32 Å². The van der Waals surface area contributed by atoms with Gasteiger partial charge in [-0.15, -0.1) is 10.2 Å². The summed E-state index contributed by atoms with van der Waals surface area (Å²) >= 11 is 1.27. The molecule has 0 saturated carbocycles. The largest absolute Gasteiger partial charge is 0.325 e. The first-order valence-corrected chi connectivity index (χ1v) is 10.6. The number of aromatic nitrogens is 4. The van der Waals surface area contributed by atoms with Gasteiger partial charge in [0.25, 0.3) is 0 Å². The number of carbonyl (C=O) groups excluding carboxylic acids is 2. The molecule has 2 aromatic heterocycles. The molecule has 0 spiro atoms. The van der Waals surface area contributed by atoms with Crippen LogP contribution in [0.5, 0.6) is 0 Å². The van der Waals surface area contributed by atoms with Crippen molar-refractivity contribution in [3.8, 4) is 17.1 Å². The van der Waals surface area contributed by atoms with Crippen LogP contribution in [0.25, 0.3) is 17.1 Å². The summed E-state index contributed by atoms with van der Waals surface area (Å²) in [6.07, 6.45) is 3.43. The Kier molecular flexibility index (Phi) is 6.18. The predicted molar refractivity (Wildman–Crippen MR) is 120 cm³/mol. The van der Waals surface area contributed by atoms with Crippen LogP contribution in [0.1, 0.15) is 17.3 Å². The van der Waals surface area contributed by atoms with Crippen molar-refractivity contribution in [3.63, 3.8) is 0 Å². The number of para-hydroxylation sites is 2. The molecule has 0 aliphatic carbocycles. The third-order valence-corrected chi connectivity index (χ3v) is 5.41. The Labute approximate surface area is 183 Å². The summed E-state index contributed by atoms with van der Waals surface area (Å²) in [7, 11) is 0. The molecule has 0 bridgehead atoms. The zero-order chi connectivity index (χ0) is 21.6. The Morgan fingerprint density at radius 2 is 1.74 bits per heavy atom. The molecule has 0 fully saturated rings. The molecule has 0 saturated heterocycles. The van der Waals surface area contributed by atoms with Crippen molar-refractivity contribution in [2.45, 2.75) is 12.1 Å². The Hall–Kier alpha value is -3.78. The van der Waals surface area contributed by atoms with Crippen LogP contribution >= 0.6 is 11.8 Å². The van der Waals surface area contributed by atoms with E-state index in [2.05, 4.69) is 20.5 Å². The lowest BCUT2D eigenvalue weighted by molar-refractivity contribution is -0.113. The van der Waals surface area contributed by atoms with Crippen molar-refractivity contribution in [1.29, 1.82) is 0 Å². The van der Waals surface area contributed by atoms with Gasteiger partial charge in [0, 0.05) is 29.2 Å². The van der Waals surface area contributed by atoms with Gasteiger partial charge in [0.05, 0.1) is 11.4 Å². The van der Waals surface area contributed by atoms with E-state index in [-0.39, 0.29) is 17.4 Å². The van der Waals surface area contributed by atoms with Gasteiger partial charge in [0.1, 0.15) is 0 Å². The molecule has 31 heavy (non-hydrogen) atoms. The number of nitrogens with one attached hydrogen (secondary N) is 1. The first-order chi connectivity index (χ1) is 15.1. The maximum Gasteiger partial charge on any atom is 0.234 e. The minimum absolute atomic E-state index is 0.103. The van der Waals surface area contributed by atoms with Crippen molar-refractivity contribution in [1.82, 2.24) is 19.7 Å². The Bertz CT molecular complexity index is 1210. The molecule has 0 radical (unpaired) electrons. The Morgan fingerprint density at radius 3 is 2.48 bits per heavy atom. The van der Waals surface area contributed by atoms with E-state index in [1.54, 1.807) is 36.7 Å². The van der Waals surface area contributed by atoms with Crippen molar-refractivity contribution >= 4 is 29.1 Å². The van der Waals surface area contributed by atoms with E-state index >= 15 is 0 Å². The summed E-state index contributed by atoms with van der Waals surface area (Å²) < 4.78 is 1.90. The van der Waals surface area contributed by atoms with Gasteiger partial charge >= 0.3 is 0 Å². The number of pyridine rings is 1. The fraction of sp³-hybridized carbons (Fsp3) is 0.0870. The van der Waals surface area contributed by atoms with Gasteiger partial charge in [-0.05, 0) is 43.3 Å². The summed E-state index contributed by atoms with van der Waals surface area (Å²) in [6.45, 7) is 1.47. The Balaban J connectivity index is 1.57. The molecule has 2 aromatic carbocycles. The van der Waals surface area contributed by atoms with E-state index in [1.807, 2.05) is 47.0 Å². The molecule has 0 aliphatic heterocycles. The van der Waals surface area contributed by atoms with Crippen LogP contribution < -0.4 is 5.32 Å². The van der Waals surface area contributed by atoms with Crippen LogP contribution in [0.15, 0.2) is 84.3 Å². The van der Waals surface area contributed by atoms with E-state index in [9.17, 15) is 9.59 Å². The van der Waals surface area contributed by atoms with E-state index in [4.69, 9.17) is 0 Å². The number of Topliss-reactive ketones (excluding diaryl/α,β-unsaturated/α-hetero) is 1. The SMILES string of the molecule is CC(=O)c1ccccc1NC(=O)CSc1nnc(-c2cccnc2)n1-c1ccccc1. The maximum absolute atomic E-state index is 12.6. The van der Waals surface area contributed by atoms with Crippen molar-refractivity contribution in [2.24, 2.45) is 0 Å². The molecule has 7 nitrogen and oxygen atoms in total. The maximum atomic E-state index is 12.6. The van der Waals surface area contributed by atoms with Gasteiger partial charge in [0.15, 0.2) is 16.8 Å². The second-order valence-corrected chi connectivity index (χ2v) is 7.60. The number of rotatable bonds is 7.